The molecule has 0 bridgehead atoms. The lowest BCUT2D eigenvalue weighted by Crippen LogP contribution is -2.28. The first-order chi connectivity index (χ1) is 9.06. The normalized spacial score (nSPS) is 28.1. The van der Waals surface area contributed by atoms with E-state index in [0.717, 1.165) is 30.6 Å². The van der Waals surface area contributed by atoms with Gasteiger partial charge in [-0.2, -0.15) is 0 Å². The van der Waals surface area contributed by atoms with Crippen molar-refractivity contribution in [2.24, 2.45) is 5.92 Å². The van der Waals surface area contributed by atoms with Gasteiger partial charge in [-0.25, -0.2) is 4.98 Å². The van der Waals surface area contributed by atoms with Gasteiger partial charge < -0.3 is 9.47 Å². The molecule has 2 unspecified atom stereocenters. The molecule has 19 heavy (non-hydrogen) atoms. The Morgan fingerprint density at radius 3 is 2.74 bits per heavy atom. The Morgan fingerprint density at radius 1 is 1.26 bits per heavy atom. The van der Waals surface area contributed by atoms with Gasteiger partial charge in [0.1, 0.15) is 5.82 Å². The molecule has 2 atom stereocenters. The monoisotopic (exact) mass is 281 g/mol. The number of hydrogen-bond donors (Lipinski definition) is 0. The summed E-state index contributed by atoms with van der Waals surface area (Å²) in [5.74, 6) is 2.56. The van der Waals surface area contributed by atoms with Gasteiger partial charge in [0, 0.05) is 25.0 Å². The lowest BCUT2D eigenvalue weighted by Gasteiger charge is -2.24. The second-order valence-corrected chi connectivity index (χ2v) is 6.89. The predicted octanol–water partition coefficient (Wildman–Crippen LogP) is 3.32. The largest absolute Gasteiger partial charge is 0.330 e. The van der Waals surface area contributed by atoms with Gasteiger partial charge in [0.15, 0.2) is 5.15 Å². The highest BCUT2D eigenvalue weighted by Gasteiger charge is 2.32. The Balaban J connectivity index is 1.85. The molecule has 2 aliphatic rings. The molecule has 0 amide bonds. The summed E-state index contributed by atoms with van der Waals surface area (Å²) in [4.78, 5) is 7.25. The standard InChI is InChI=1S/C15H24ClN3/c1-10(2)18-6-5-12(9-18)15-17-14(16)13-8-11(3)4-7-19(13)15/h10-12H,4-9H2,1-3H3. The van der Waals surface area contributed by atoms with E-state index in [2.05, 4.69) is 30.2 Å². The van der Waals surface area contributed by atoms with Crippen LogP contribution in [0, 0.1) is 5.92 Å². The fourth-order valence-corrected chi connectivity index (χ4v) is 3.75. The van der Waals surface area contributed by atoms with Gasteiger partial charge in [-0.15, -0.1) is 0 Å². The average Bonchev–Trinajstić information content (AvgIpc) is 2.95. The maximum atomic E-state index is 6.36. The van der Waals surface area contributed by atoms with Gasteiger partial charge in [-0.1, -0.05) is 18.5 Å². The Bertz CT molecular complexity index is 466. The van der Waals surface area contributed by atoms with Crippen LogP contribution in [0.5, 0.6) is 0 Å². The van der Waals surface area contributed by atoms with Crippen LogP contribution in [0.15, 0.2) is 0 Å². The van der Waals surface area contributed by atoms with E-state index in [-0.39, 0.29) is 0 Å². The van der Waals surface area contributed by atoms with Crippen molar-refractivity contribution in [2.75, 3.05) is 13.1 Å². The van der Waals surface area contributed by atoms with Crippen LogP contribution < -0.4 is 0 Å². The molecule has 4 heteroatoms. The minimum Gasteiger partial charge on any atom is -0.330 e. The molecule has 1 fully saturated rings. The highest BCUT2D eigenvalue weighted by Crippen LogP contribution is 2.34. The van der Waals surface area contributed by atoms with Crippen molar-refractivity contribution in [1.82, 2.24) is 14.5 Å². The molecule has 3 heterocycles. The summed E-state index contributed by atoms with van der Waals surface area (Å²) in [6, 6.07) is 0.635. The van der Waals surface area contributed by atoms with Crippen LogP contribution in [0.4, 0.5) is 0 Å². The Morgan fingerprint density at radius 2 is 2.05 bits per heavy atom. The molecule has 1 aromatic rings. The maximum absolute atomic E-state index is 6.36. The Hall–Kier alpha value is -0.540. The van der Waals surface area contributed by atoms with Crippen molar-refractivity contribution in [3.05, 3.63) is 16.7 Å². The van der Waals surface area contributed by atoms with Gasteiger partial charge >= 0.3 is 0 Å². The van der Waals surface area contributed by atoms with Gasteiger partial charge in [-0.3, -0.25) is 0 Å². The van der Waals surface area contributed by atoms with Crippen molar-refractivity contribution in [3.8, 4) is 0 Å². The first-order valence-corrected chi connectivity index (χ1v) is 7.93. The van der Waals surface area contributed by atoms with Crippen LogP contribution in [0.25, 0.3) is 0 Å². The third-order valence-electron chi connectivity index (χ3n) is 4.76. The first kappa shape index (κ1) is 13.4. The van der Waals surface area contributed by atoms with Gasteiger partial charge in [-0.05, 0) is 45.6 Å². The van der Waals surface area contributed by atoms with E-state index in [1.807, 2.05) is 0 Å². The Kier molecular flexibility index (Phi) is 3.61. The fourth-order valence-electron chi connectivity index (χ4n) is 3.48. The van der Waals surface area contributed by atoms with Crippen LogP contribution in [0.2, 0.25) is 5.15 Å². The predicted molar refractivity (Wildman–Crippen MR) is 78.8 cm³/mol. The topological polar surface area (TPSA) is 21.1 Å². The van der Waals surface area contributed by atoms with Gasteiger partial charge in [0.25, 0.3) is 0 Å². The van der Waals surface area contributed by atoms with Crippen molar-refractivity contribution >= 4 is 11.6 Å². The van der Waals surface area contributed by atoms with Crippen LogP contribution >= 0.6 is 11.6 Å². The number of imidazole rings is 1. The number of hydrogen-bond acceptors (Lipinski definition) is 2. The molecule has 3 rings (SSSR count). The molecule has 0 N–H and O–H groups in total. The third-order valence-corrected chi connectivity index (χ3v) is 5.06. The lowest BCUT2D eigenvalue weighted by molar-refractivity contribution is 0.271. The zero-order valence-corrected chi connectivity index (χ0v) is 13.0. The van der Waals surface area contributed by atoms with Crippen molar-refractivity contribution in [2.45, 2.75) is 58.5 Å². The highest BCUT2D eigenvalue weighted by molar-refractivity contribution is 6.30. The summed E-state index contributed by atoms with van der Waals surface area (Å²) in [5.41, 5.74) is 1.28. The number of likely N-dealkylation sites (tertiary alicyclic amines) is 1. The first-order valence-electron chi connectivity index (χ1n) is 7.55. The third kappa shape index (κ3) is 2.43. The van der Waals surface area contributed by atoms with E-state index >= 15 is 0 Å². The molecular weight excluding hydrogens is 258 g/mol. The van der Waals surface area contributed by atoms with E-state index in [4.69, 9.17) is 16.6 Å². The minimum atomic E-state index is 0.571. The van der Waals surface area contributed by atoms with Crippen LogP contribution in [0.1, 0.15) is 51.0 Å². The molecule has 1 saturated heterocycles. The van der Waals surface area contributed by atoms with Crippen molar-refractivity contribution < 1.29 is 0 Å². The highest BCUT2D eigenvalue weighted by atomic mass is 35.5. The Labute approximate surface area is 121 Å². The molecule has 0 saturated carbocycles. The van der Waals surface area contributed by atoms with E-state index in [9.17, 15) is 0 Å². The molecule has 0 aromatic carbocycles. The smallest absolute Gasteiger partial charge is 0.150 e. The van der Waals surface area contributed by atoms with Gasteiger partial charge in [0.2, 0.25) is 0 Å². The number of aromatic nitrogens is 2. The van der Waals surface area contributed by atoms with Crippen molar-refractivity contribution in [3.63, 3.8) is 0 Å². The van der Waals surface area contributed by atoms with E-state index < -0.39 is 0 Å². The molecule has 0 radical (unpaired) electrons. The van der Waals surface area contributed by atoms with Crippen LogP contribution in [-0.2, 0) is 13.0 Å². The van der Waals surface area contributed by atoms with Crippen molar-refractivity contribution in [1.29, 1.82) is 0 Å². The maximum Gasteiger partial charge on any atom is 0.150 e. The molecule has 2 aliphatic heterocycles. The summed E-state index contributed by atoms with van der Waals surface area (Å²) in [7, 11) is 0. The number of fused-ring (bicyclic) bond motifs is 1. The zero-order chi connectivity index (χ0) is 13.6. The summed E-state index contributed by atoms with van der Waals surface area (Å²) < 4.78 is 2.41. The number of rotatable bonds is 2. The van der Waals surface area contributed by atoms with Gasteiger partial charge in [0.05, 0.1) is 5.69 Å². The van der Waals surface area contributed by atoms with E-state index in [1.165, 1.54) is 30.9 Å². The average molecular weight is 282 g/mol. The molecule has 3 nitrogen and oxygen atoms in total. The minimum absolute atomic E-state index is 0.571. The number of halogens is 1. The van der Waals surface area contributed by atoms with Crippen LogP contribution in [0.3, 0.4) is 0 Å². The summed E-state index contributed by atoms with van der Waals surface area (Å²) in [6.07, 6.45) is 3.57. The molecule has 106 valence electrons. The summed E-state index contributed by atoms with van der Waals surface area (Å²) in [5, 5.41) is 0.754. The molecular formula is C15H24ClN3. The lowest BCUT2D eigenvalue weighted by atomic mass is 9.98. The summed E-state index contributed by atoms with van der Waals surface area (Å²) >= 11 is 6.36. The van der Waals surface area contributed by atoms with E-state index in [0.29, 0.717) is 12.0 Å². The second kappa shape index (κ2) is 5.10. The quantitative estimate of drug-likeness (QED) is 0.829. The molecule has 1 aromatic heterocycles. The number of nitrogens with zero attached hydrogens (tertiary/aromatic N) is 3. The molecule has 0 spiro atoms. The van der Waals surface area contributed by atoms with E-state index in [1.54, 1.807) is 0 Å². The fraction of sp³-hybridized carbons (Fsp3) is 0.800. The second-order valence-electron chi connectivity index (χ2n) is 6.53. The van der Waals surface area contributed by atoms with Crippen LogP contribution in [-0.4, -0.2) is 33.6 Å². The zero-order valence-electron chi connectivity index (χ0n) is 12.2. The SMILES string of the molecule is CC1CCn2c(C3CCN(C(C)C)C3)nc(Cl)c2C1. The molecule has 0 aliphatic carbocycles. The summed E-state index contributed by atoms with van der Waals surface area (Å²) in [6.45, 7) is 10.3.